The maximum Gasteiger partial charge on any atom is 0.188 e. The second-order valence-corrected chi connectivity index (χ2v) is 4.86. The number of pyridine rings is 1. The lowest BCUT2D eigenvalue weighted by Gasteiger charge is -2.07. The number of aromatic nitrogens is 1. The van der Waals surface area contributed by atoms with E-state index in [0.717, 1.165) is 4.47 Å². The van der Waals surface area contributed by atoms with Crippen molar-refractivity contribution < 1.29 is 9.94 Å². The van der Waals surface area contributed by atoms with E-state index in [-0.39, 0.29) is 5.84 Å². The van der Waals surface area contributed by atoms with Crippen LogP contribution in [0, 0.1) is 0 Å². The molecule has 0 aliphatic heterocycles. The van der Waals surface area contributed by atoms with E-state index in [1.54, 1.807) is 24.3 Å². The highest BCUT2D eigenvalue weighted by Crippen LogP contribution is 2.31. The van der Waals surface area contributed by atoms with Gasteiger partial charge in [0.2, 0.25) is 0 Å². The van der Waals surface area contributed by atoms with Crippen molar-refractivity contribution in [2.24, 2.45) is 10.9 Å². The second-order valence-electron chi connectivity index (χ2n) is 3.54. The molecule has 0 unspecified atom stereocenters. The molecule has 3 N–H and O–H groups in total. The van der Waals surface area contributed by atoms with Gasteiger partial charge in [0, 0.05) is 4.47 Å². The van der Waals surface area contributed by atoms with E-state index in [9.17, 15) is 0 Å². The first-order chi connectivity index (χ1) is 9.10. The zero-order chi connectivity index (χ0) is 13.8. The van der Waals surface area contributed by atoms with Crippen molar-refractivity contribution in [1.82, 2.24) is 4.98 Å². The molecular weight excluding hydrogens is 334 g/mol. The predicted molar refractivity (Wildman–Crippen MR) is 76.0 cm³/mol. The van der Waals surface area contributed by atoms with Crippen LogP contribution in [0.2, 0.25) is 5.02 Å². The van der Waals surface area contributed by atoms with Crippen molar-refractivity contribution in [1.29, 1.82) is 0 Å². The highest BCUT2D eigenvalue weighted by atomic mass is 79.9. The van der Waals surface area contributed by atoms with E-state index < -0.39 is 0 Å². The molecule has 0 saturated carbocycles. The molecule has 0 radical (unpaired) electrons. The number of nitrogens with zero attached hydrogens (tertiary/aromatic N) is 2. The highest BCUT2D eigenvalue weighted by molar-refractivity contribution is 9.10. The molecule has 98 valence electrons. The molecule has 0 bridgehead atoms. The Bertz CT molecular complexity index is 617. The topological polar surface area (TPSA) is 80.7 Å². The standard InChI is InChI=1S/C12H9BrClN3O2/c13-7-1-4-11(9(14)5-7)19-8-2-3-10(16-6-8)12(15)17-18/h1-6,18H,(H2,15,17). The summed E-state index contributed by atoms with van der Waals surface area (Å²) >= 11 is 9.35. The van der Waals surface area contributed by atoms with Crippen LogP contribution in [0.25, 0.3) is 0 Å². The van der Waals surface area contributed by atoms with Gasteiger partial charge in [0.25, 0.3) is 0 Å². The molecule has 0 aliphatic carbocycles. The molecule has 0 saturated heterocycles. The Morgan fingerprint density at radius 1 is 1.37 bits per heavy atom. The summed E-state index contributed by atoms with van der Waals surface area (Å²) in [5, 5.41) is 11.9. The Labute approximate surface area is 122 Å². The van der Waals surface area contributed by atoms with Crippen LogP contribution in [-0.2, 0) is 0 Å². The molecule has 0 fully saturated rings. The number of halogens is 2. The lowest BCUT2D eigenvalue weighted by atomic mass is 10.3. The van der Waals surface area contributed by atoms with E-state index in [1.807, 2.05) is 6.07 Å². The van der Waals surface area contributed by atoms with Crippen LogP contribution in [0.15, 0.2) is 46.2 Å². The van der Waals surface area contributed by atoms with Gasteiger partial charge in [-0.3, -0.25) is 0 Å². The monoisotopic (exact) mass is 341 g/mol. The number of nitrogens with two attached hydrogens (primary N) is 1. The zero-order valence-electron chi connectivity index (χ0n) is 9.55. The minimum Gasteiger partial charge on any atom is -0.454 e. The van der Waals surface area contributed by atoms with Gasteiger partial charge < -0.3 is 15.7 Å². The number of rotatable bonds is 3. The first-order valence-corrected chi connectivity index (χ1v) is 6.34. The number of amidine groups is 1. The van der Waals surface area contributed by atoms with Crippen LogP contribution in [0.1, 0.15) is 5.69 Å². The maximum absolute atomic E-state index is 8.52. The Kier molecular flexibility index (Phi) is 4.24. The van der Waals surface area contributed by atoms with Crippen molar-refractivity contribution in [3.63, 3.8) is 0 Å². The molecule has 1 heterocycles. The number of benzene rings is 1. The van der Waals surface area contributed by atoms with Crippen molar-refractivity contribution in [3.05, 3.63) is 51.7 Å². The third kappa shape index (κ3) is 3.36. The van der Waals surface area contributed by atoms with E-state index >= 15 is 0 Å². The van der Waals surface area contributed by atoms with Gasteiger partial charge in [-0.2, -0.15) is 0 Å². The SMILES string of the molecule is N/C(=N/O)c1ccc(Oc2ccc(Br)cc2Cl)cn1. The van der Waals surface area contributed by atoms with E-state index in [0.29, 0.717) is 22.2 Å². The summed E-state index contributed by atoms with van der Waals surface area (Å²) < 4.78 is 6.44. The largest absolute Gasteiger partial charge is 0.454 e. The highest BCUT2D eigenvalue weighted by Gasteiger charge is 2.05. The van der Waals surface area contributed by atoms with E-state index in [4.69, 9.17) is 27.3 Å². The normalized spacial score (nSPS) is 11.4. The summed E-state index contributed by atoms with van der Waals surface area (Å²) in [6.07, 6.45) is 1.46. The van der Waals surface area contributed by atoms with Gasteiger partial charge in [0.1, 0.15) is 17.2 Å². The average Bonchev–Trinajstić information content (AvgIpc) is 2.42. The molecule has 0 aliphatic rings. The van der Waals surface area contributed by atoms with Crippen molar-refractivity contribution >= 4 is 33.4 Å². The average molecular weight is 343 g/mol. The third-order valence-corrected chi connectivity index (χ3v) is 3.02. The number of hydrogen-bond acceptors (Lipinski definition) is 4. The van der Waals surface area contributed by atoms with Gasteiger partial charge in [-0.05, 0) is 30.3 Å². The van der Waals surface area contributed by atoms with Gasteiger partial charge in [-0.1, -0.05) is 32.7 Å². The van der Waals surface area contributed by atoms with Crippen molar-refractivity contribution in [3.8, 4) is 11.5 Å². The summed E-state index contributed by atoms with van der Waals surface area (Å²) in [6.45, 7) is 0. The Hall–Kier alpha value is -1.79. The summed E-state index contributed by atoms with van der Waals surface area (Å²) in [5.41, 5.74) is 5.77. The molecule has 2 rings (SSSR count). The minimum atomic E-state index is -0.0618. The molecule has 7 heteroatoms. The second kappa shape index (κ2) is 5.90. The lowest BCUT2D eigenvalue weighted by Crippen LogP contribution is -2.14. The summed E-state index contributed by atoms with van der Waals surface area (Å²) in [7, 11) is 0. The van der Waals surface area contributed by atoms with Gasteiger partial charge in [0.15, 0.2) is 5.84 Å². The summed E-state index contributed by atoms with van der Waals surface area (Å²) in [5.74, 6) is 0.954. The van der Waals surface area contributed by atoms with Gasteiger partial charge in [-0.15, -0.1) is 0 Å². The molecule has 0 atom stereocenters. The molecule has 0 spiro atoms. The number of ether oxygens (including phenoxy) is 1. The quantitative estimate of drug-likeness (QED) is 0.388. The third-order valence-electron chi connectivity index (χ3n) is 2.23. The molecule has 1 aromatic heterocycles. The Balaban J connectivity index is 2.20. The first-order valence-electron chi connectivity index (χ1n) is 5.17. The molecule has 1 aromatic carbocycles. The fraction of sp³-hybridized carbons (Fsp3) is 0. The van der Waals surface area contributed by atoms with E-state index in [2.05, 4.69) is 26.1 Å². The van der Waals surface area contributed by atoms with Gasteiger partial charge >= 0.3 is 0 Å². The number of oxime groups is 1. The maximum atomic E-state index is 8.52. The molecule has 0 amide bonds. The predicted octanol–water partition coefficient (Wildman–Crippen LogP) is 3.38. The van der Waals surface area contributed by atoms with Crippen LogP contribution in [-0.4, -0.2) is 16.0 Å². The number of hydrogen-bond donors (Lipinski definition) is 2. The summed E-state index contributed by atoms with van der Waals surface area (Å²) in [4.78, 5) is 4.00. The zero-order valence-corrected chi connectivity index (χ0v) is 11.9. The smallest absolute Gasteiger partial charge is 0.188 e. The van der Waals surface area contributed by atoms with Crippen LogP contribution in [0.3, 0.4) is 0 Å². The summed E-state index contributed by atoms with van der Waals surface area (Å²) in [6, 6.07) is 8.52. The van der Waals surface area contributed by atoms with Gasteiger partial charge in [0.05, 0.1) is 11.2 Å². The molecule has 19 heavy (non-hydrogen) atoms. The van der Waals surface area contributed by atoms with Crippen LogP contribution < -0.4 is 10.5 Å². The van der Waals surface area contributed by atoms with Crippen LogP contribution in [0.5, 0.6) is 11.5 Å². The Morgan fingerprint density at radius 2 is 2.16 bits per heavy atom. The molecular formula is C12H9BrClN3O2. The minimum absolute atomic E-state index is 0.0618. The molecule has 2 aromatic rings. The van der Waals surface area contributed by atoms with Crippen LogP contribution in [0.4, 0.5) is 0 Å². The first kappa shape index (κ1) is 13.6. The van der Waals surface area contributed by atoms with Crippen molar-refractivity contribution in [2.75, 3.05) is 0 Å². The van der Waals surface area contributed by atoms with Crippen LogP contribution >= 0.6 is 27.5 Å². The fourth-order valence-electron chi connectivity index (χ4n) is 1.33. The van der Waals surface area contributed by atoms with Crippen molar-refractivity contribution in [2.45, 2.75) is 0 Å². The Morgan fingerprint density at radius 3 is 2.74 bits per heavy atom. The molecule has 5 nitrogen and oxygen atoms in total. The van der Waals surface area contributed by atoms with E-state index in [1.165, 1.54) is 6.20 Å². The lowest BCUT2D eigenvalue weighted by molar-refractivity contribution is 0.318. The van der Waals surface area contributed by atoms with Gasteiger partial charge in [-0.25, -0.2) is 4.98 Å². The fourth-order valence-corrected chi connectivity index (χ4v) is 2.04.